The Morgan fingerprint density at radius 1 is 0.939 bits per heavy atom. The Balaban J connectivity index is 1.56. The number of aromatic nitrogens is 3. The molecule has 2 aromatic carbocycles. The molecule has 0 aliphatic heterocycles. The Hall–Kier alpha value is -3.65. The number of thiazole rings is 1. The number of rotatable bonds is 7. The van der Waals surface area contributed by atoms with Gasteiger partial charge < -0.3 is 14.8 Å². The van der Waals surface area contributed by atoms with E-state index in [4.69, 9.17) is 14.6 Å². The van der Waals surface area contributed by atoms with Crippen LogP contribution in [-0.4, -0.2) is 34.9 Å². The molecule has 0 bridgehead atoms. The number of aryl methyl sites for hydroxylation is 2. The van der Waals surface area contributed by atoms with Crippen molar-refractivity contribution in [2.45, 2.75) is 27.2 Å². The summed E-state index contributed by atoms with van der Waals surface area (Å²) in [5.41, 5.74) is 5.65. The number of benzene rings is 2. The van der Waals surface area contributed by atoms with Gasteiger partial charge in [-0.1, -0.05) is 23.5 Å². The van der Waals surface area contributed by atoms with Crippen LogP contribution < -0.4 is 14.8 Å². The molecule has 4 aromatic rings. The zero-order valence-electron chi connectivity index (χ0n) is 19.3. The van der Waals surface area contributed by atoms with Crippen LogP contribution in [0.2, 0.25) is 0 Å². The molecule has 0 spiro atoms. The number of carbonyl (C=O) groups is 1. The number of carbonyl (C=O) groups excluding carboxylic acids is 1. The van der Waals surface area contributed by atoms with Crippen LogP contribution in [0.5, 0.6) is 11.5 Å². The van der Waals surface area contributed by atoms with Crippen molar-refractivity contribution in [3.05, 3.63) is 81.6 Å². The van der Waals surface area contributed by atoms with Crippen LogP contribution in [0.1, 0.15) is 37.9 Å². The number of nitrogens with one attached hydrogen (secondary N) is 1. The average molecular weight is 463 g/mol. The van der Waals surface area contributed by atoms with Gasteiger partial charge in [0.15, 0.2) is 0 Å². The fourth-order valence-electron chi connectivity index (χ4n) is 3.61. The Morgan fingerprint density at radius 2 is 1.55 bits per heavy atom. The maximum Gasteiger partial charge on any atom is 0.267 e. The lowest BCUT2D eigenvalue weighted by Crippen LogP contribution is -2.11. The van der Waals surface area contributed by atoms with E-state index in [9.17, 15) is 4.79 Å². The minimum absolute atomic E-state index is 0.193. The molecule has 0 saturated carbocycles. The van der Waals surface area contributed by atoms with E-state index in [2.05, 4.69) is 22.4 Å². The zero-order chi connectivity index (χ0) is 23.5. The predicted octanol–water partition coefficient (Wildman–Crippen LogP) is 5.11. The average Bonchev–Trinajstić information content (AvgIpc) is 3.34. The van der Waals surface area contributed by atoms with Gasteiger partial charge in [-0.15, -0.1) is 0 Å². The monoisotopic (exact) mass is 462 g/mol. The van der Waals surface area contributed by atoms with E-state index < -0.39 is 0 Å². The van der Waals surface area contributed by atoms with Crippen molar-refractivity contribution < 1.29 is 14.3 Å². The van der Waals surface area contributed by atoms with Crippen molar-refractivity contribution in [3.8, 4) is 16.6 Å². The summed E-state index contributed by atoms with van der Waals surface area (Å²) in [6.07, 6.45) is 0.761. The van der Waals surface area contributed by atoms with E-state index in [1.54, 1.807) is 38.5 Å². The predicted molar refractivity (Wildman–Crippen MR) is 130 cm³/mol. The molecule has 0 unspecified atom stereocenters. The SMILES string of the molecule is COc1ccc(Cc2c(C)nn(-c3nc(C)c(C(=O)Nc4ccc(OC)cc4)s3)c2C)cc1. The maximum atomic E-state index is 12.9. The van der Waals surface area contributed by atoms with Crippen molar-refractivity contribution in [2.24, 2.45) is 0 Å². The lowest BCUT2D eigenvalue weighted by Gasteiger charge is -2.05. The summed E-state index contributed by atoms with van der Waals surface area (Å²) in [6, 6.07) is 15.3. The molecule has 33 heavy (non-hydrogen) atoms. The van der Waals surface area contributed by atoms with E-state index in [-0.39, 0.29) is 5.91 Å². The third-order valence-corrected chi connectivity index (χ3v) is 6.63. The third kappa shape index (κ3) is 4.75. The molecule has 7 nitrogen and oxygen atoms in total. The van der Waals surface area contributed by atoms with Gasteiger partial charge in [-0.05, 0) is 62.7 Å². The molecule has 1 N–H and O–H groups in total. The lowest BCUT2D eigenvalue weighted by atomic mass is 10.0. The highest BCUT2D eigenvalue weighted by molar-refractivity contribution is 7.16. The molecule has 0 radical (unpaired) electrons. The number of hydrogen-bond acceptors (Lipinski definition) is 6. The maximum absolute atomic E-state index is 12.9. The van der Waals surface area contributed by atoms with Crippen molar-refractivity contribution in [1.82, 2.24) is 14.8 Å². The van der Waals surface area contributed by atoms with Crippen molar-refractivity contribution in [3.63, 3.8) is 0 Å². The second kappa shape index (κ2) is 9.46. The van der Waals surface area contributed by atoms with Gasteiger partial charge in [0.25, 0.3) is 5.91 Å². The molecule has 0 atom stereocenters. The minimum Gasteiger partial charge on any atom is -0.497 e. The summed E-state index contributed by atoms with van der Waals surface area (Å²) in [7, 11) is 3.27. The zero-order valence-corrected chi connectivity index (χ0v) is 20.1. The highest BCUT2D eigenvalue weighted by atomic mass is 32.1. The smallest absolute Gasteiger partial charge is 0.267 e. The summed E-state index contributed by atoms with van der Waals surface area (Å²) in [5, 5.41) is 8.32. The van der Waals surface area contributed by atoms with E-state index >= 15 is 0 Å². The number of methoxy groups -OCH3 is 2. The number of hydrogen-bond donors (Lipinski definition) is 1. The van der Waals surface area contributed by atoms with Gasteiger partial charge in [0, 0.05) is 23.4 Å². The van der Waals surface area contributed by atoms with E-state index in [0.717, 1.165) is 34.9 Å². The number of anilines is 1. The van der Waals surface area contributed by atoms with Gasteiger partial charge in [0.05, 0.1) is 25.6 Å². The van der Waals surface area contributed by atoms with Crippen LogP contribution in [0.3, 0.4) is 0 Å². The van der Waals surface area contributed by atoms with Crippen molar-refractivity contribution >= 4 is 22.9 Å². The van der Waals surface area contributed by atoms with Crippen molar-refractivity contribution in [2.75, 3.05) is 19.5 Å². The summed E-state index contributed by atoms with van der Waals surface area (Å²) >= 11 is 1.33. The normalized spacial score (nSPS) is 10.8. The quantitative estimate of drug-likeness (QED) is 0.413. The highest BCUT2D eigenvalue weighted by Gasteiger charge is 2.20. The van der Waals surface area contributed by atoms with Crippen LogP contribution in [0, 0.1) is 20.8 Å². The first-order valence-corrected chi connectivity index (χ1v) is 11.3. The topological polar surface area (TPSA) is 78.3 Å². The Kier molecular flexibility index (Phi) is 6.46. The minimum atomic E-state index is -0.193. The summed E-state index contributed by atoms with van der Waals surface area (Å²) in [4.78, 5) is 18.1. The second-order valence-corrected chi connectivity index (χ2v) is 8.66. The van der Waals surface area contributed by atoms with Crippen molar-refractivity contribution in [1.29, 1.82) is 0 Å². The molecule has 170 valence electrons. The molecular weight excluding hydrogens is 436 g/mol. The summed E-state index contributed by atoms with van der Waals surface area (Å²) < 4.78 is 12.2. The summed E-state index contributed by atoms with van der Waals surface area (Å²) in [6.45, 7) is 5.87. The molecule has 0 saturated heterocycles. The van der Waals surface area contributed by atoms with E-state index in [1.165, 1.54) is 16.9 Å². The number of nitrogens with zero attached hydrogens (tertiary/aromatic N) is 3. The third-order valence-electron chi connectivity index (χ3n) is 5.50. The summed E-state index contributed by atoms with van der Waals surface area (Å²) in [5.74, 6) is 1.38. The molecule has 0 aliphatic rings. The first kappa shape index (κ1) is 22.5. The van der Waals surface area contributed by atoms with Crippen LogP contribution in [0.25, 0.3) is 5.13 Å². The molecular formula is C25H26N4O3S. The van der Waals surface area contributed by atoms with E-state index in [1.807, 2.05) is 37.6 Å². The van der Waals surface area contributed by atoms with Crippen LogP contribution in [0.4, 0.5) is 5.69 Å². The van der Waals surface area contributed by atoms with Gasteiger partial charge >= 0.3 is 0 Å². The van der Waals surface area contributed by atoms with Gasteiger partial charge in [-0.2, -0.15) is 5.10 Å². The molecule has 8 heteroatoms. The van der Waals surface area contributed by atoms with E-state index in [0.29, 0.717) is 21.4 Å². The van der Waals surface area contributed by atoms with Crippen LogP contribution >= 0.6 is 11.3 Å². The van der Waals surface area contributed by atoms with Gasteiger partial charge in [0.1, 0.15) is 16.4 Å². The molecule has 2 aromatic heterocycles. The Bertz CT molecular complexity index is 1270. The fourth-order valence-corrected chi connectivity index (χ4v) is 4.58. The van der Waals surface area contributed by atoms with Gasteiger partial charge in [-0.3, -0.25) is 4.79 Å². The molecule has 0 aliphatic carbocycles. The standard InChI is InChI=1S/C25H26N4O3S/c1-15-22(14-18-6-10-20(31-4)11-7-18)17(3)29(28-15)25-26-16(2)23(33-25)24(30)27-19-8-12-21(32-5)13-9-19/h6-13H,14H2,1-5H3,(H,27,30). The molecule has 2 heterocycles. The molecule has 0 fully saturated rings. The van der Waals surface area contributed by atoms with Gasteiger partial charge in [0.2, 0.25) is 5.13 Å². The first-order chi connectivity index (χ1) is 15.9. The van der Waals surface area contributed by atoms with Crippen LogP contribution in [0.15, 0.2) is 48.5 Å². The largest absolute Gasteiger partial charge is 0.497 e. The lowest BCUT2D eigenvalue weighted by molar-refractivity contribution is 0.103. The fraction of sp³-hybridized carbons (Fsp3) is 0.240. The Labute approximate surface area is 197 Å². The second-order valence-electron chi connectivity index (χ2n) is 7.68. The first-order valence-electron chi connectivity index (χ1n) is 10.5. The van der Waals surface area contributed by atoms with Gasteiger partial charge in [-0.25, -0.2) is 9.67 Å². The highest BCUT2D eigenvalue weighted by Crippen LogP contribution is 2.27. The molecule has 1 amide bonds. The van der Waals surface area contributed by atoms with Crippen LogP contribution in [-0.2, 0) is 6.42 Å². The number of amides is 1. The number of ether oxygens (including phenoxy) is 2. The molecule has 4 rings (SSSR count). The Morgan fingerprint density at radius 3 is 2.15 bits per heavy atom.